The zero-order chi connectivity index (χ0) is 32.5. The number of nitrogens with zero attached hydrogens (tertiary/aromatic N) is 1. The molecule has 0 amide bonds. The highest BCUT2D eigenvalue weighted by Crippen LogP contribution is 2.40. The molecule has 0 bridgehead atoms. The molecular formula is C33H55FN2O8. The van der Waals surface area contributed by atoms with Gasteiger partial charge in [-0.05, 0) is 12.8 Å². The number of halogens is 1. The normalized spacial score (nSPS) is 22.4. The third kappa shape index (κ3) is 11.0. The van der Waals surface area contributed by atoms with Gasteiger partial charge in [-0.25, -0.2) is 4.79 Å². The number of hydrogen-bond acceptors (Lipinski definition) is 8. The quantitative estimate of drug-likeness (QED) is 0.117. The molecule has 0 spiro atoms. The Morgan fingerprint density at radius 2 is 1.32 bits per heavy atom. The number of Topliss-reactive ketones (excluding diaryl/α,β-unsaturated/α-hetero) is 2. The molecule has 0 radical (unpaired) electrons. The van der Waals surface area contributed by atoms with Crippen molar-refractivity contribution in [3.8, 4) is 0 Å². The molecule has 10 nitrogen and oxygen atoms in total. The molecule has 2 rings (SSSR count). The Hall–Kier alpha value is -2.21. The fourth-order valence-electron chi connectivity index (χ4n) is 5.94. The Labute approximate surface area is 260 Å². The number of ketones is 2. The SMILES string of the molecule is CCCCCCCCCCCC(=O)C(O)[C@H]1O[C@@H](n2cc(F)c(=O)[nH]c2=O)[C@H](O)[C@@]1(O)C(=O)CCCCCCCCCCC. The van der Waals surface area contributed by atoms with Gasteiger partial charge in [0, 0.05) is 12.8 Å². The van der Waals surface area contributed by atoms with Crippen molar-refractivity contribution in [3.05, 3.63) is 32.9 Å². The van der Waals surface area contributed by atoms with Gasteiger partial charge in [-0.1, -0.05) is 117 Å². The van der Waals surface area contributed by atoms with Gasteiger partial charge in [0.25, 0.3) is 5.56 Å². The van der Waals surface area contributed by atoms with Gasteiger partial charge >= 0.3 is 5.69 Å². The summed E-state index contributed by atoms with van der Waals surface area (Å²) < 4.78 is 20.2. The van der Waals surface area contributed by atoms with Crippen LogP contribution in [0, 0.1) is 5.82 Å². The summed E-state index contributed by atoms with van der Waals surface area (Å²) in [6.45, 7) is 4.33. The van der Waals surface area contributed by atoms with Crippen molar-refractivity contribution in [1.29, 1.82) is 0 Å². The number of unbranched alkanes of at least 4 members (excludes halogenated alkanes) is 16. The molecule has 0 aliphatic carbocycles. The number of carbonyl (C=O) groups excluding carboxylic acids is 2. The molecule has 0 saturated carbocycles. The molecule has 1 aliphatic heterocycles. The number of ether oxygens (including phenoxy) is 1. The van der Waals surface area contributed by atoms with Crippen LogP contribution in [0.2, 0.25) is 0 Å². The van der Waals surface area contributed by atoms with Crippen molar-refractivity contribution in [2.75, 3.05) is 0 Å². The second kappa shape index (κ2) is 20.0. The van der Waals surface area contributed by atoms with E-state index in [-0.39, 0.29) is 12.8 Å². The third-order valence-electron chi connectivity index (χ3n) is 8.74. The minimum Gasteiger partial charge on any atom is -0.385 e. The van der Waals surface area contributed by atoms with Crippen LogP contribution >= 0.6 is 0 Å². The largest absolute Gasteiger partial charge is 0.385 e. The molecule has 1 saturated heterocycles. The molecule has 1 unspecified atom stereocenters. The molecule has 11 heteroatoms. The van der Waals surface area contributed by atoms with Gasteiger partial charge in [-0.15, -0.1) is 0 Å². The zero-order valence-electron chi connectivity index (χ0n) is 26.7. The summed E-state index contributed by atoms with van der Waals surface area (Å²) in [7, 11) is 0. The van der Waals surface area contributed by atoms with Crippen molar-refractivity contribution in [2.45, 2.75) is 172 Å². The Morgan fingerprint density at radius 3 is 1.82 bits per heavy atom. The number of aliphatic hydroxyl groups is 3. The first kappa shape index (κ1) is 38.0. The lowest BCUT2D eigenvalue weighted by Crippen LogP contribution is -2.59. The number of nitrogens with one attached hydrogen (secondary N) is 1. The minimum atomic E-state index is -2.73. The Kier molecular flexibility index (Phi) is 17.3. The summed E-state index contributed by atoms with van der Waals surface area (Å²) in [4.78, 5) is 52.1. The van der Waals surface area contributed by atoms with E-state index < -0.39 is 58.8 Å². The van der Waals surface area contributed by atoms with E-state index in [4.69, 9.17) is 4.74 Å². The second-order valence-electron chi connectivity index (χ2n) is 12.4. The number of aromatic amines is 1. The topological polar surface area (TPSA) is 159 Å². The fraction of sp³-hybridized carbons (Fsp3) is 0.818. The van der Waals surface area contributed by atoms with Gasteiger partial charge < -0.3 is 20.1 Å². The van der Waals surface area contributed by atoms with Crippen LogP contribution in [0.1, 0.15) is 148 Å². The van der Waals surface area contributed by atoms with Gasteiger partial charge in [0.15, 0.2) is 23.4 Å². The molecule has 0 aromatic carbocycles. The van der Waals surface area contributed by atoms with E-state index in [1.807, 2.05) is 0 Å². The summed E-state index contributed by atoms with van der Waals surface area (Å²) >= 11 is 0. The van der Waals surface area contributed by atoms with E-state index in [1.54, 1.807) is 4.98 Å². The van der Waals surface area contributed by atoms with Gasteiger partial charge in [0.1, 0.15) is 18.3 Å². The van der Waals surface area contributed by atoms with Crippen molar-refractivity contribution >= 4 is 11.6 Å². The highest BCUT2D eigenvalue weighted by molar-refractivity contribution is 5.91. The molecule has 1 aromatic heterocycles. The van der Waals surface area contributed by atoms with E-state index in [0.717, 1.165) is 51.4 Å². The third-order valence-corrected chi connectivity index (χ3v) is 8.74. The maximum absolute atomic E-state index is 14.1. The molecular weight excluding hydrogens is 571 g/mol. The average Bonchev–Trinajstić information content (AvgIpc) is 3.27. The van der Waals surface area contributed by atoms with Crippen LogP contribution in [0.25, 0.3) is 0 Å². The van der Waals surface area contributed by atoms with Crippen molar-refractivity contribution < 1.29 is 34.0 Å². The first-order chi connectivity index (χ1) is 21.1. The monoisotopic (exact) mass is 626 g/mol. The summed E-state index contributed by atoms with van der Waals surface area (Å²) in [5, 5.41) is 33.7. The lowest BCUT2D eigenvalue weighted by Gasteiger charge is -2.31. The number of aliphatic hydroxyl groups excluding tert-OH is 2. The molecule has 1 aliphatic rings. The summed E-state index contributed by atoms with van der Waals surface area (Å²) in [6, 6.07) is 0. The van der Waals surface area contributed by atoms with Crippen molar-refractivity contribution in [1.82, 2.24) is 9.55 Å². The van der Waals surface area contributed by atoms with E-state index in [9.17, 15) is 38.9 Å². The van der Waals surface area contributed by atoms with Gasteiger partial charge in [0.05, 0.1) is 6.20 Å². The summed E-state index contributed by atoms with van der Waals surface area (Å²) in [5.74, 6) is -2.86. The highest BCUT2D eigenvalue weighted by atomic mass is 19.1. The predicted octanol–water partition coefficient (Wildman–Crippen LogP) is 5.01. The Balaban J connectivity index is 2.06. The highest BCUT2D eigenvalue weighted by Gasteiger charge is 2.63. The fourth-order valence-corrected chi connectivity index (χ4v) is 5.94. The molecule has 1 fully saturated rings. The second-order valence-corrected chi connectivity index (χ2v) is 12.4. The lowest BCUT2D eigenvalue weighted by atomic mass is 9.81. The number of aromatic nitrogens is 2. The lowest BCUT2D eigenvalue weighted by molar-refractivity contribution is -0.165. The molecule has 4 N–H and O–H groups in total. The Bertz CT molecular complexity index is 1120. The Morgan fingerprint density at radius 1 is 0.864 bits per heavy atom. The number of rotatable bonds is 24. The molecule has 252 valence electrons. The predicted molar refractivity (Wildman–Crippen MR) is 166 cm³/mol. The van der Waals surface area contributed by atoms with Crippen molar-refractivity contribution in [2.24, 2.45) is 0 Å². The molecule has 44 heavy (non-hydrogen) atoms. The first-order valence-corrected chi connectivity index (χ1v) is 16.9. The molecule has 2 heterocycles. The number of H-pyrrole nitrogens is 1. The maximum Gasteiger partial charge on any atom is 0.330 e. The number of hydrogen-bond donors (Lipinski definition) is 4. The van der Waals surface area contributed by atoms with Gasteiger partial charge in [-0.2, -0.15) is 4.39 Å². The smallest absolute Gasteiger partial charge is 0.330 e. The number of carbonyl (C=O) groups is 2. The van der Waals surface area contributed by atoms with Crippen LogP contribution in [0.3, 0.4) is 0 Å². The standard InChI is InChI=1S/C33H55FN2O8/c1-3-5-7-9-11-13-15-17-19-21-25(37)27(39)29-33(43,26(38)22-20-18-16-14-12-10-8-6-4-2)28(40)31(44-29)36-23-24(34)30(41)35-32(36)42/h23,27-29,31,39-40,43H,3-22H2,1-2H3,(H,35,41,42)/t27?,28-,29+,31+,33-/m0/s1. The first-order valence-electron chi connectivity index (χ1n) is 16.9. The zero-order valence-corrected chi connectivity index (χ0v) is 26.7. The van der Waals surface area contributed by atoms with Gasteiger partial charge in [-0.3, -0.25) is 23.9 Å². The summed E-state index contributed by atoms with van der Waals surface area (Å²) in [5.41, 5.74) is -5.17. The molecule has 5 atom stereocenters. The van der Waals surface area contributed by atoms with Crippen molar-refractivity contribution in [3.63, 3.8) is 0 Å². The minimum absolute atomic E-state index is 0.0205. The maximum atomic E-state index is 14.1. The molecule has 1 aromatic rings. The van der Waals surface area contributed by atoms with E-state index in [2.05, 4.69) is 13.8 Å². The van der Waals surface area contributed by atoms with Crippen LogP contribution in [0.5, 0.6) is 0 Å². The van der Waals surface area contributed by atoms with E-state index in [0.29, 0.717) is 30.0 Å². The van der Waals surface area contributed by atoms with Crippen LogP contribution in [-0.2, 0) is 14.3 Å². The average molecular weight is 627 g/mol. The van der Waals surface area contributed by atoms with Crippen LogP contribution < -0.4 is 11.2 Å². The summed E-state index contributed by atoms with van der Waals surface area (Å²) in [6.07, 6.45) is 10.6. The van der Waals surface area contributed by atoms with Crippen LogP contribution in [0.4, 0.5) is 4.39 Å². The van der Waals surface area contributed by atoms with Crippen LogP contribution in [0.15, 0.2) is 15.8 Å². The van der Waals surface area contributed by atoms with E-state index in [1.165, 1.54) is 44.9 Å². The van der Waals surface area contributed by atoms with Gasteiger partial charge in [0.2, 0.25) is 5.82 Å². The van der Waals surface area contributed by atoms with Crippen LogP contribution in [-0.4, -0.2) is 60.4 Å². The van der Waals surface area contributed by atoms with E-state index >= 15 is 0 Å².